The van der Waals surface area contributed by atoms with Crippen LogP contribution in [0.5, 0.6) is 0 Å². The summed E-state index contributed by atoms with van der Waals surface area (Å²) in [5, 5.41) is 0. The lowest BCUT2D eigenvalue weighted by molar-refractivity contribution is -0.134. The molecule has 1 amide bonds. The van der Waals surface area contributed by atoms with E-state index in [4.69, 9.17) is 5.73 Å². The third-order valence-corrected chi connectivity index (χ3v) is 3.08. The van der Waals surface area contributed by atoms with Crippen molar-refractivity contribution in [1.29, 1.82) is 0 Å². The summed E-state index contributed by atoms with van der Waals surface area (Å²) >= 11 is 0. The number of hydrogen-bond acceptors (Lipinski definition) is 2. The predicted molar refractivity (Wildman–Crippen MR) is 62.4 cm³/mol. The van der Waals surface area contributed by atoms with Gasteiger partial charge in [0.15, 0.2) is 0 Å². The highest BCUT2D eigenvalue weighted by atomic mass is 16.2. The fraction of sp³-hybridized carbons (Fsp3) is 0.917. The number of carbonyl (C=O) groups excluding carboxylic acids is 1. The van der Waals surface area contributed by atoms with Gasteiger partial charge in [-0.15, -0.1) is 0 Å². The van der Waals surface area contributed by atoms with Crippen LogP contribution in [0.4, 0.5) is 0 Å². The second-order valence-electron chi connectivity index (χ2n) is 5.17. The first kappa shape index (κ1) is 12.5. The summed E-state index contributed by atoms with van der Waals surface area (Å²) in [6.45, 7) is 8.00. The minimum absolute atomic E-state index is 0.180. The highest BCUT2D eigenvalue weighted by Crippen LogP contribution is 2.20. The number of rotatable bonds is 3. The third kappa shape index (κ3) is 3.82. The summed E-state index contributed by atoms with van der Waals surface area (Å²) in [5.74, 6) is 1.32. The van der Waals surface area contributed by atoms with Gasteiger partial charge >= 0.3 is 0 Å². The van der Waals surface area contributed by atoms with E-state index in [0.717, 1.165) is 25.9 Å². The van der Waals surface area contributed by atoms with Gasteiger partial charge in [-0.05, 0) is 18.3 Å². The quantitative estimate of drug-likeness (QED) is 0.772. The van der Waals surface area contributed by atoms with Crippen LogP contribution in [0.2, 0.25) is 0 Å². The van der Waals surface area contributed by atoms with Gasteiger partial charge in [0.05, 0.1) is 0 Å². The van der Waals surface area contributed by atoms with E-state index in [-0.39, 0.29) is 11.9 Å². The molecule has 0 radical (unpaired) electrons. The van der Waals surface area contributed by atoms with Crippen LogP contribution in [0.25, 0.3) is 0 Å². The number of piperidine rings is 1. The predicted octanol–water partition coefficient (Wildman–Crippen LogP) is 1.62. The molecule has 2 atom stereocenters. The Morgan fingerprint density at radius 1 is 1.47 bits per heavy atom. The molecular formula is C12H24N2O. The molecule has 0 aliphatic carbocycles. The van der Waals surface area contributed by atoms with Crippen molar-refractivity contribution in [2.75, 3.05) is 13.1 Å². The molecule has 2 unspecified atom stereocenters. The molecule has 1 fully saturated rings. The number of nitrogens with zero attached hydrogens (tertiary/aromatic N) is 1. The minimum atomic E-state index is 0.180. The molecule has 1 aliphatic rings. The number of carbonyl (C=O) groups is 1. The molecule has 3 heteroatoms. The van der Waals surface area contributed by atoms with Crippen molar-refractivity contribution in [3.63, 3.8) is 0 Å². The lowest BCUT2D eigenvalue weighted by atomic mass is 9.92. The van der Waals surface area contributed by atoms with Gasteiger partial charge in [-0.25, -0.2) is 0 Å². The summed E-state index contributed by atoms with van der Waals surface area (Å²) in [6.07, 6.45) is 2.85. The Morgan fingerprint density at radius 3 is 2.67 bits per heavy atom. The number of amides is 1. The summed E-state index contributed by atoms with van der Waals surface area (Å²) in [6, 6.07) is 0.180. The normalized spacial score (nSPS) is 27.1. The van der Waals surface area contributed by atoms with E-state index in [0.29, 0.717) is 18.3 Å². The molecule has 1 rings (SSSR count). The zero-order chi connectivity index (χ0) is 11.4. The fourth-order valence-electron chi connectivity index (χ4n) is 2.22. The smallest absolute Gasteiger partial charge is 0.222 e. The van der Waals surface area contributed by atoms with Crippen LogP contribution in [0.3, 0.4) is 0 Å². The Morgan fingerprint density at radius 2 is 2.13 bits per heavy atom. The van der Waals surface area contributed by atoms with Gasteiger partial charge in [-0.1, -0.05) is 27.2 Å². The number of nitrogens with two attached hydrogens (primary N) is 1. The monoisotopic (exact) mass is 212 g/mol. The zero-order valence-corrected chi connectivity index (χ0v) is 10.2. The molecule has 0 spiro atoms. The lowest BCUT2D eigenvalue weighted by Gasteiger charge is -2.36. The molecule has 1 saturated heterocycles. The minimum Gasteiger partial charge on any atom is -0.341 e. The van der Waals surface area contributed by atoms with Crippen molar-refractivity contribution in [3.8, 4) is 0 Å². The van der Waals surface area contributed by atoms with Crippen LogP contribution in [-0.2, 0) is 4.79 Å². The first-order valence-electron chi connectivity index (χ1n) is 6.06. The van der Waals surface area contributed by atoms with Crippen LogP contribution in [-0.4, -0.2) is 29.9 Å². The molecule has 0 aromatic heterocycles. The molecule has 88 valence electrons. The zero-order valence-electron chi connectivity index (χ0n) is 10.2. The van der Waals surface area contributed by atoms with E-state index in [2.05, 4.69) is 20.8 Å². The largest absolute Gasteiger partial charge is 0.341 e. The Hall–Kier alpha value is -0.570. The second-order valence-corrected chi connectivity index (χ2v) is 5.17. The van der Waals surface area contributed by atoms with Gasteiger partial charge in [0.1, 0.15) is 0 Å². The molecule has 0 aromatic carbocycles. The van der Waals surface area contributed by atoms with Crippen LogP contribution in [0.15, 0.2) is 0 Å². The van der Waals surface area contributed by atoms with E-state index < -0.39 is 0 Å². The summed E-state index contributed by atoms with van der Waals surface area (Å²) in [5.41, 5.74) is 5.97. The Balaban J connectivity index is 2.50. The molecule has 0 aromatic rings. The first-order valence-corrected chi connectivity index (χ1v) is 6.06. The van der Waals surface area contributed by atoms with Gasteiger partial charge in [-0.2, -0.15) is 0 Å². The highest BCUT2D eigenvalue weighted by molar-refractivity contribution is 5.76. The maximum Gasteiger partial charge on any atom is 0.222 e. The fourth-order valence-corrected chi connectivity index (χ4v) is 2.22. The molecule has 1 aliphatic heterocycles. The molecule has 0 bridgehead atoms. The third-order valence-electron chi connectivity index (χ3n) is 3.08. The van der Waals surface area contributed by atoms with E-state index in [9.17, 15) is 4.79 Å². The SMILES string of the molecule is CCC1CC(N)CN(C(=O)CC(C)C)C1. The molecule has 2 N–H and O–H groups in total. The first-order chi connectivity index (χ1) is 7.02. The van der Waals surface area contributed by atoms with Crippen molar-refractivity contribution < 1.29 is 4.79 Å². The average Bonchev–Trinajstić information content (AvgIpc) is 2.15. The van der Waals surface area contributed by atoms with Crippen molar-refractivity contribution in [2.45, 2.75) is 46.1 Å². The van der Waals surface area contributed by atoms with Crippen molar-refractivity contribution in [1.82, 2.24) is 4.90 Å². The second kappa shape index (κ2) is 5.50. The van der Waals surface area contributed by atoms with Gasteiger partial charge in [0.25, 0.3) is 0 Å². The van der Waals surface area contributed by atoms with E-state index >= 15 is 0 Å². The Bertz CT molecular complexity index is 216. The van der Waals surface area contributed by atoms with Gasteiger partial charge in [0, 0.05) is 25.6 Å². The number of likely N-dealkylation sites (tertiary alicyclic amines) is 1. The molecular weight excluding hydrogens is 188 g/mol. The van der Waals surface area contributed by atoms with Crippen molar-refractivity contribution >= 4 is 5.91 Å². The van der Waals surface area contributed by atoms with Gasteiger partial charge in [0.2, 0.25) is 5.91 Å². The summed E-state index contributed by atoms with van der Waals surface area (Å²) < 4.78 is 0. The van der Waals surface area contributed by atoms with Gasteiger partial charge < -0.3 is 10.6 Å². The molecule has 1 heterocycles. The van der Waals surface area contributed by atoms with E-state index in [1.807, 2.05) is 4.90 Å². The van der Waals surface area contributed by atoms with Crippen LogP contribution in [0.1, 0.15) is 40.0 Å². The highest BCUT2D eigenvalue weighted by Gasteiger charge is 2.27. The van der Waals surface area contributed by atoms with Crippen molar-refractivity contribution in [3.05, 3.63) is 0 Å². The standard InChI is InChI=1S/C12H24N2O/c1-4-10-6-11(13)8-14(7-10)12(15)5-9(2)3/h9-11H,4-8,13H2,1-3H3. The van der Waals surface area contributed by atoms with Gasteiger partial charge in [-0.3, -0.25) is 4.79 Å². The average molecular weight is 212 g/mol. The van der Waals surface area contributed by atoms with E-state index in [1.54, 1.807) is 0 Å². The van der Waals surface area contributed by atoms with Crippen LogP contribution < -0.4 is 5.73 Å². The lowest BCUT2D eigenvalue weighted by Crippen LogP contribution is -2.49. The van der Waals surface area contributed by atoms with Crippen LogP contribution in [0, 0.1) is 11.8 Å². The summed E-state index contributed by atoms with van der Waals surface area (Å²) in [4.78, 5) is 13.8. The molecule has 0 saturated carbocycles. The van der Waals surface area contributed by atoms with Crippen LogP contribution >= 0.6 is 0 Å². The maximum atomic E-state index is 11.9. The molecule has 3 nitrogen and oxygen atoms in total. The summed E-state index contributed by atoms with van der Waals surface area (Å²) in [7, 11) is 0. The maximum absolute atomic E-state index is 11.9. The Labute approximate surface area is 93.0 Å². The molecule has 15 heavy (non-hydrogen) atoms. The van der Waals surface area contributed by atoms with Crippen molar-refractivity contribution in [2.24, 2.45) is 17.6 Å². The number of hydrogen-bond donors (Lipinski definition) is 1. The Kier molecular flexibility index (Phi) is 4.58. The van der Waals surface area contributed by atoms with E-state index in [1.165, 1.54) is 0 Å². The topological polar surface area (TPSA) is 46.3 Å².